The summed E-state index contributed by atoms with van der Waals surface area (Å²) in [5.74, 6) is -1.36. The summed E-state index contributed by atoms with van der Waals surface area (Å²) in [5.41, 5.74) is 6.14. The van der Waals surface area contributed by atoms with E-state index in [1.807, 2.05) is 0 Å². The van der Waals surface area contributed by atoms with Crippen LogP contribution >= 0.6 is 0 Å². The summed E-state index contributed by atoms with van der Waals surface area (Å²) in [5, 5.41) is 9.25. The molecule has 1 aliphatic heterocycles. The third kappa shape index (κ3) is 2.83. The number of aromatic nitrogens is 1. The number of amides is 1. The maximum Gasteiger partial charge on any atom is 0.326 e. The molecule has 0 radical (unpaired) electrons. The van der Waals surface area contributed by atoms with Crippen LogP contribution in [0.15, 0.2) is 18.3 Å². The minimum absolute atomic E-state index is 0.135. The number of nitrogens with zero attached hydrogens (tertiary/aromatic N) is 2. The lowest BCUT2D eigenvalue weighted by molar-refractivity contribution is -0.142. The minimum atomic E-state index is -0.968. The number of hydrogen-bond acceptors (Lipinski definition) is 4. The lowest BCUT2D eigenvalue weighted by Gasteiger charge is -2.26. The van der Waals surface area contributed by atoms with Gasteiger partial charge in [0.25, 0.3) is 5.91 Å². The van der Waals surface area contributed by atoms with Crippen molar-refractivity contribution in [2.45, 2.75) is 31.7 Å². The summed E-state index contributed by atoms with van der Waals surface area (Å²) < 4.78 is 0. The quantitative estimate of drug-likeness (QED) is 0.833. The molecule has 1 aromatic rings. The monoisotopic (exact) mass is 263 g/mol. The van der Waals surface area contributed by atoms with E-state index in [1.54, 1.807) is 12.1 Å². The number of carboxylic acid groups (broad SMARTS) is 1. The Morgan fingerprint density at radius 1 is 1.37 bits per heavy atom. The smallest absolute Gasteiger partial charge is 0.326 e. The van der Waals surface area contributed by atoms with Gasteiger partial charge in [-0.2, -0.15) is 0 Å². The largest absolute Gasteiger partial charge is 0.480 e. The molecule has 19 heavy (non-hydrogen) atoms. The zero-order valence-electron chi connectivity index (χ0n) is 10.6. The molecule has 1 unspecified atom stereocenters. The van der Waals surface area contributed by atoms with Gasteiger partial charge in [-0.3, -0.25) is 4.79 Å². The number of rotatable bonds is 2. The van der Waals surface area contributed by atoms with Crippen molar-refractivity contribution in [1.82, 2.24) is 9.88 Å². The number of carbonyl (C=O) groups is 2. The van der Waals surface area contributed by atoms with Crippen LogP contribution in [0.2, 0.25) is 0 Å². The van der Waals surface area contributed by atoms with Gasteiger partial charge in [-0.1, -0.05) is 12.8 Å². The first kappa shape index (κ1) is 13.3. The molecular weight excluding hydrogens is 246 g/mol. The second-order valence-electron chi connectivity index (χ2n) is 4.64. The third-order valence-electron chi connectivity index (χ3n) is 3.34. The number of pyridine rings is 1. The average molecular weight is 263 g/mol. The SMILES string of the molecule is Nc1cccnc1C(=O)N1CCCCCC1C(=O)O. The Bertz CT molecular complexity index is 490. The van der Waals surface area contributed by atoms with Crippen LogP contribution in [0.5, 0.6) is 0 Å². The molecule has 2 rings (SSSR count). The van der Waals surface area contributed by atoms with E-state index in [0.717, 1.165) is 19.3 Å². The fourth-order valence-electron chi connectivity index (χ4n) is 2.34. The van der Waals surface area contributed by atoms with E-state index in [0.29, 0.717) is 13.0 Å². The van der Waals surface area contributed by atoms with Crippen LogP contribution in [-0.4, -0.2) is 39.5 Å². The lowest BCUT2D eigenvalue weighted by atomic mass is 10.1. The molecule has 2 heterocycles. The molecule has 6 heteroatoms. The fourth-order valence-corrected chi connectivity index (χ4v) is 2.34. The van der Waals surface area contributed by atoms with E-state index in [1.165, 1.54) is 11.1 Å². The Hall–Kier alpha value is -2.11. The van der Waals surface area contributed by atoms with Gasteiger partial charge < -0.3 is 15.7 Å². The number of nitrogens with two attached hydrogens (primary N) is 1. The van der Waals surface area contributed by atoms with Crippen LogP contribution in [0.4, 0.5) is 5.69 Å². The van der Waals surface area contributed by atoms with Gasteiger partial charge in [0.2, 0.25) is 0 Å². The predicted octanol–water partition coefficient (Wildman–Crippen LogP) is 1.13. The van der Waals surface area contributed by atoms with Crippen molar-refractivity contribution in [3.8, 4) is 0 Å². The summed E-state index contributed by atoms with van der Waals surface area (Å²) in [7, 11) is 0. The van der Waals surface area contributed by atoms with E-state index in [9.17, 15) is 14.7 Å². The van der Waals surface area contributed by atoms with Crippen LogP contribution in [0.25, 0.3) is 0 Å². The first-order chi connectivity index (χ1) is 9.11. The molecule has 0 aliphatic carbocycles. The van der Waals surface area contributed by atoms with E-state index in [4.69, 9.17) is 5.73 Å². The number of aliphatic carboxylic acids is 1. The van der Waals surface area contributed by atoms with Gasteiger partial charge in [-0.15, -0.1) is 0 Å². The standard InChI is InChI=1S/C13H17N3O3/c14-9-5-4-7-15-11(9)12(17)16-8-3-1-2-6-10(16)13(18)19/h4-5,7,10H,1-3,6,8,14H2,(H,18,19). The van der Waals surface area contributed by atoms with Crippen molar-refractivity contribution in [2.75, 3.05) is 12.3 Å². The molecule has 0 aromatic carbocycles. The number of carbonyl (C=O) groups excluding carboxylic acids is 1. The zero-order valence-corrected chi connectivity index (χ0v) is 10.6. The minimum Gasteiger partial charge on any atom is -0.480 e. The summed E-state index contributed by atoms with van der Waals surface area (Å²) >= 11 is 0. The second-order valence-corrected chi connectivity index (χ2v) is 4.64. The molecule has 0 spiro atoms. The first-order valence-corrected chi connectivity index (χ1v) is 6.35. The van der Waals surface area contributed by atoms with Crippen molar-refractivity contribution in [3.63, 3.8) is 0 Å². The first-order valence-electron chi connectivity index (χ1n) is 6.35. The summed E-state index contributed by atoms with van der Waals surface area (Å²) in [6.45, 7) is 0.436. The maximum absolute atomic E-state index is 12.4. The number of hydrogen-bond donors (Lipinski definition) is 2. The molecule has 3 N–H and O–H groups in total. The van der Waals surface area contributed by atoms with Crippen LogP contribution in [0, 0.1) is 0 Å². The van der Waals surface area contributed by atoms with Gasteiger partial charge in [0.1, 0.15) is 6.04 Å². The highest BCUT2D eigenvalue weighted by atomic mass is 16.4. The summed E-state index contributed by atoms with van der Waals surface area (Å²) in [6.07, 6.45) is 4.52. The highest BCUT2D eigenvalue weighted by molar-refractivity contribution is 5.99. The predicted molar refractivity (Wildman–Crippen MR) is 69.6 cm³/mol. The van der Waals surface area contributed by atoms with Gasteiger partial charge in [0, 0.05) is 12.7 Å². The van der Waals surface area contributed by atoms with Crippen molar-refractivity contribution in [3.05, 3.63) is 24.0 Å². The van der Waals surface area contributed by atoms with Crippen LogP contribution in [-0.2, 0) is 4.79 Å². The number of likely N-dealkylation sites (tertiary alicyclic amines) is 1. The summed E-state index contributed by atoms with van der Waals surface area (Å²) in [6, 6.07) is 2.45. The van der Waals surface area contributed by atoms with Crippen molar-refractivity contribution in [2.24, 2.45) is 0 Å². The van der Waals surface area contributed by atoms with Crippen LogP contribution in [0.1, 0.15) is 36.2 Å². The van der Waals surface area contributed by atoms with Gasteiger partial charge in [0.15, 0.2) is 5.69 Å². The van der Waals surface area contributed by atoms with Crippen molar-refractivity contribution < 1.29 is 14.7 Å². The highest BCUT2D eigenvalue weighted by Gasteiger charge is 2.32. The Morgan fingerprint density at radius 2 is 2.16 bits per heavy atom. The number of carboxylic acids is 1. The van der Waals surface area contributed by atoms with E-state index < -0.39 is 17.9 Å². The van der Waals surface area contributed by atoms with E-state index in [-0.39, 0.29) is 11.4 Å². The lowest BCUT2D eigenvalue weighted by Crippen LogP contribution is -2.45. The van der Waals surface area contributed by atoms with Crippen molar-refractivity contribution in [1.29, 1.82) is 0 Å². The molecule has 1 saturated heterocycles. The number of anilines is 1. The normalized spacial score (nSPS) is 19.8. The fraction of sp³-hybridized carbons (Fsp3) is 0.462. The third-order valence-corrected chi connectivity index (χ3v) is 3.34. The van der Waals surface area contributed by atoms with Crippen molar-refractivity contribution >= 4 is 17.6 Å². The van der Waals surface area contributed by atoms with Gasteiger partial charge in [-0.25, -0.2) is 9.78 Å². The molecule has 1 amide bonds. The average Bonchev–Trinajstić information content (AvgIpc) is 2.64. The molecular formula is C13H17N3O3. The molecule has 0 bridgehead atoms. The van der Waals surface area contributed by atoms with Crippen LogP contribution < -0.4 is 5.73 Å². The molecule has 0 saturated carbocycles. The molecule has 1 atom stereocenters. The Balaban J connectivity index is 2.29. The number of nitrogen functional groups attached to an aromatic ring is 1. The topological polar surface area (TPSA) is 96.5 Å². The maximum atomic E-state index is 12.4. The van der Waals surface area contributed by atoms with E-state index in [2.05, 4.69) is 4.98 Å². The van der Waals surface area contributed by atoms with E-state index >= 15 is 0 Å². The Kier molecular flexibility index (Phi) is 3.99. The van der Waals surface area contributed by atoms with Gasteiger partial charge >= 0.3 is 5.97 Å². The molecule has 6 nitrogen and oxygen atoms in total. The summed E-state index contributed by atoms with van der Waals surface area (Å²) in [4.78, 5) is 29.1. The molecule has 1 aliphatic rings. The molecule has 102 valence electrons. The second kappa shape index (κ2) is 5.69. The van der Waals surface area contributed by atoms with Gasteiger partial charge in [0.05, 0.1) is 5.69 Å². The zero-order chi connectivity index (χ0) is 13.8. The molecule has 1 fully saturated rings. The van der Waals surface area contributed by atoms with Crippen LogP contribution in [0.3, 0.4) is 0 Å². The Morgan fingerprint density at radius 3 is 2.84 bits per heavy atom. The Labute approximate surface area is 111 Å². The highest BCUT2D eigenvalue weighted by Crippen LogP contribution is 2.20. The van der Waals surface area contributed by atoms with Gasteiger partial charge in [-0.05, 0) is 25.0 Å². The molecule has 1 aromatic heterocycles.